The Labute approximate surface area is 141 Å². The summed E-state index contributed by atoms with van der Waals surface area (Å²) in [5.41, 5.74) is 3.15. The molecule has 0 fully saturated rings. The van der Waals surface area contributed by atoms with E-state index in [1.165, 1.54) is 6.07 Å². The number of rotatable bonds is 4. The highest BCUT2D eigenvalue weighted by atomic mass is 16.6. The summed E-state index contributed by atoms with van der Waals surface area (Å²) in [6.45, 7) is 3.41. The minimum absolute atomic E-state index is 0.0257. The number of nitro benzene ring substituents is 1. The van der Waals surface area contributed by atoms with Gasteiger partial charge in [0.15, 0.2) is 0 Å². The molecule has 126 valence electrons. The minimum atomic E-state index is -0.354. The predicted molar refractivity (Wildman–Crippen MR) is 95.1 cm³/mol. The molecule has 1 heterocycles. The first-order chi connectivity index (χ1) is 11.5. The Bertz CT molecular complexity index is 761. The molecule has 0 amide bonds. The van der Waals surface area contributed by atoms with E-state index in [2.05, 4.69) is 24.0 Å². The molecule has 24 heavy (non-hydrogen) atoms. The van der Waals surface area contributed by atoms with Gasteiger partial charge in [0.2, 0.25) is 0 Å². The van der Waals surface area contributed by atoms with Crippen LogP contribution >= 0.6 is 0 Å². The first kappa shape index (κ1) is 16.1. The second-order valence-corrected chi connectivity index (χ2v) is 6.12. The van der Waals surface area contributed by atoms with Gasteiger partial charge in [-0.3, -0.25) is 10.1 Å². The van der Waals surface area contributed by atoms with E-state index >= 15 is 0 Å². The molecule has 6 nitrogen and oxygen atoms in total. The maximum Gasteiger partial charge on any atom is 0.269 e. The Balaban J connectivity index is 1.94. The van der Waals surface area contributed by atoms with Crippen molar-refractivity contribution in [2.75, 3.05) is 37.0 Å². The van der Waals surface area contributed by atoms with Crippen LogP contribution in [0.25, 0.3) is 0 Å². The van der Waals surface area contributed by atoms with Crippen LogP contribution in [0.3, 0.4) is 0 Å². The van der Waals surface area contributed by atoms with Crippen molar-refractivity contribution in [2.24, 2.45) is 0 Å². The molecule has 1 aliphatic rings. The van der Waals surface area contributed by atoms with E-state index in [1.807, 2.05) is 31.1 Å². The van der Waals surface area contributed by atoms with Gasteiger partial charge >= 0.3 is 0 Å². The lowest BCUT2D eigenvalue weighted by Gasteiger charge is -2.36. The van der Waals surface area contributed by atoms with Crippen molar-refractivity contribution in [1.82, 2.24) is 0 Å². The van der Waals surface area contributed by atoms with Crippen LogP contribution < -0.4 is 14.5 Å². The molecule has 0 spiro atoms. The molecule has 2 aromatic rings. The number of anilines is 2. The lowest BCUT2D eigenvalue weighted by Crippen LogP contribution is -2.35. The SMILES string of the molecule is C[C@@H](c1cccc([N+](=O)[O-])c1)N1CCOc2cc(N(C)C)ccc21. The Morgan fingerprint density at radius 2 is 2.04 bits per heavy atom. The van der Waals surface area contributed by atoms with Crippen LogP contribution in [0, 0.1) is 10.1 Å². The van der Waals surface area contributed by atoms with Crippen LogP contribution in [0.1, 0.15) is 18.5 Å². The van der Waals surface area contributed by atoms with Crippen molar-refractivity contribution in [2.45, 2.75) is 13.0 Å². The van der Waals surface area contributed by atoms with E-state index in [9.17, 15) is 10.1 Å². The fourth-order valence-corrected chi connectivity index (χ4v) is 2.99. The second kappa shape index (κ2) is 6.39. The number of nitro groups is 1. The van der Waals surface area contributed by atoms with Gasteiger partial charge < -0.3 is 14.5 Å². The third-order valence-electron chi connectivity index (χ3n) is 4.39. The van der Waals surface area contributed by atoms with Crippen LogP contribution in [0.2, 0.25) is 0 Å². The van der Waals surface area contributed by atoms with Crippen molar-refractivity contribution in [3.05, 3.63) is 58.1 Å². The quantitative estimate of drug-likeness (QED) is 0.634. The van der Waals surface area contributed by atoms with E-state index in [0.717, 1.165) is 29.2 Å². The summed E-state index contributed by atoms with van der Waals surface area (Å²) in [6.07, 6.45) is 0. The van der Waals surface area contributed by atoms with Crippen molar-refractivity contribution < 1.29 is 9.66 Å². The topological polar surface area (TPSA) is 58.9 Å². The molecule has 0 radical (unpaired) electrons. The first-order valence-electron chi connectivity index (χ1n) is 7.92. The zero-order chi connectivity index (χ0) is 17.3. The Hall–Kier alpha value is -2.76. The monoisotopic (exact) mass is 327 g/mol. The van der Waals surface area contributed by atoms with Gasteiger partial charge in [-0.1, -0.05) is 12.1 Å². The number of nitrogens with zero attached hydrogens (tertiary/aromatic N) is 3. The normalized spacial score (nSPS) is 14.5. The van der Waals surface area contributed by atoms with E-state index in [4.69, 9.17) is 4.74 Å². The number of hydrogen-bond donors (Lipinski definition) is 0. The van der Waals surface area contributed by atoms with Crippen molar-refractivity contribution in [3.63, 3.8) is 0 Å². The maximum absolute atomic E-state index is 11.0. The molecular formula is C18H21N3O3. The van der Waals surface area contributed by atoms with Crippen molar-refractivity contribution >= 4 is 17.1 Å². The zero-order valence-corrected chi connectivity index (χ0v) is 14.1. The van der Waals surface area contributed by atoms with Crippen LogP contribution in [0.4, 0.5) is 17.1 Å². The highest BCUT2D eigenvalue weighted by Gasteiger charge is 2.25. The second-order valence-electron chi connectivity index (χ2n) is 6.12. The number of benzene rings is 2. The summed E-state index contributed by atoms with van der Waals surface area (Å²) < 4.78 is 5.82. The maximum atomic E-state index is 11.0. The van der Waals surface area contributed by atoms with Crippen LogP contribution in [0.15, 0.2) is 42.5 Å². The van der Waals surface area contributed by atoms with Gasteiger partial charge in [0, 0.05) is 38.0 Å². The summed E-state index contributed by atoms with van der Waals surface area (Å²) in [6, 6.07) is 13.0. The summed E-state index contributed by atoms with van der Waals surface area (Å²) in [4.78, 5) is 14.9. The molecule has 0 saturated carbocycles. The average Bonchev–Trinajstić information content (AvgIpc) is 2.60. The molecule has 0 bridgehead atoms. The Kier molecular flexibility index (Phi) is 4.29. The molecule has 6 heteroatoms. The average molecular weight is 327 g/mol. The van der Waals surface area contributed by atoms with Gasteiger partial charge in [0.1, 0.15) is 12.4 Å². The van der Waals surface area contributed by atoms with Gasteiger partial charge in [0.25, 0.3) is 5.69 Å². The van der Waals surface area contributed by atoms with Crippen LogP contribution in [-0.4, -0.2) is 32.2 Å². The van der Waals surface area contributed by atoms with Gasteiger partial charge in [-0.15, -0.1) is 0 Å². The highest BCUT2D eigenvalue weighted by Crippen LogP contribution is 2.39. The first-order valence-corrected chi connectivity index (χ1v) is 7.92. The van der Waals surface area contributed by atoms with Crippen LogP contribution in [-0.2, 0) is 0 Å². The third kappa shape index (κ3) is 2.99. The Morgan fingerprint density at radius 1 is 1.25 bits per heavy atom. The summed E-state index contributed by atoms with van der Waals surface area (Å²) in [5, 5.41) is 11.0. The molecule has 1 aliphatic heterocycles. The number of non-ortho nitro benzene ring substituents is 1. The number of hydrogen-bond acceptors (Lipinski definition) is 5. The molecule has 0 aliphatic carbocycles. The van der Waals surface area contributed by atoms with E-state index in [0.29, 0.717) is 6.61 Å². The van der Waals surface area contributed by atoms with Gasteiger partial charge in [-0.25, -0.2) is 0 Å². The summed E-state index contributed by atoms with van der Waals surface area (Å²) in [5.74, 6) is 0.852. The number of ether oxygens (including phenoxy) is 1. The molecule has 0 unspecified atom stereocenters. The lowest BCUT2D eigenvalue weighted by atomic mass is 10.0. The Morgan fingerprint density at radius 3 is 2.75 bits per heavy atom. The molecule has 2 aromatic carbocycles. The van der Waals surface area contributed by atoms with E-state index in [-0.39, 0.29) is 16.7 Å². The fraction of sp³-hybridized carbons (Fsp3) is 0.333. The molecular weight excluding hydrogens is 306 g/mol. The van der Waals surface area contributed by atoms with Crippen molar-refractivity contribution in [1.29, 1.82) is 0 Å². The lowest BCUT2D eigenvalue weighted by molar-refractivity contribution is -0.384. The number of fused-ring (bicyclic) bond motifs is 1. The zero-order valence-electron chi connectivity index (χ0n) is 14.1. The predicted octanol–water partition coefficient (Wildman–Crippen LogP) is 3.62. The minimum Gasteiger partial charge on any atom is -0.489 e. The van der Waals surface area contributed by atoms with Gasteiger partial charge in [-0.2, -0.15) is 0 Å². The molecule has 0 N–H and O–H groups in total. The van der Waals surface area contributed by atoms with Gasteiger partial charge in [0.05, 0.1) is 23.2 Å². The molecule has 0 aromatic heterocycles. The van der Waals surface area contributed by atoms with Crippen LogP contribution in [0.5, 0.6) is 5.75 Å². The molecule has 3 rings (SSSR count). The smallest absolute Gasteiger partial charge is 0.269 e. The van der Waals surface area contributed by atoms with Crippen molar-refractivity contribution in [3.8, 4) is 5.75 Å². The largest absolute Gasteiger partial charge is 0.489 e. The van der Waals surface area contributed by atoms with E-state index < -0.39 is 0 Å². The van der Waals surface area contributed by atoms with E-state index in [1.54, 1.807) is 12.1 Å². The molecule has 1 atom stereocenters. The summed E-state index contributed by atoms with van der Waals surface area (Å²) in [7, 11) is 3.99. The third-order valence-corrected chi connectivity index (χ3v) is 4.39. The fourth-order valence-electron chi connectivity index (χ4n) is 2.99. The highest BCUT2D eigenvalue weighted by molar-refractivity contribution is 5.67. The summed E-state index contributed by atoms with van der Waals surface area (Å²) >= 11 is 0. The molecule has 0 saturated heterocycles. The van der Waals surface area contributed by atoms with Gasteiger partial charge in [-0.05, 0) is 24.6 Å². The standard InChI is InChI=1S/C18H21N3O3/c1-13(14-5-4-6-16(11-14)21(22)23)20-9-10-24-18-12-15(19(2)3)7-8-17(18)20/h4-8,11-13H,9-10H2,1-3H3/t13-/m0/s1.